The summed E-state index contributed by atoms with van der Waals surface area (Å²) in [5, 5.41) is 13.0. The van der Waals surface area contributed by atoms with E-state index in [4.69, 9.17) is 5.73 Å². The number of aliphatic hydroxyl groups is 1. The summed E-state index contributed by atoms with van der Waals surface area (Å²) < 4.78 is 0. The van der Waals surface area contributed by atoms with Crippen LogP contribution in [0.5, 0.6) is 0 Å². The normalized spacial score (nSPS) is 17.3. The molecule has 1 aliphatic carbocycles. The zero-order valence-electron chi connectivity index (χ0n) is 11.2. The van der Waals surface area contributed by atoms with E-state index in [1.807, 2.05) is 12.1 Å². The van der Waals surface area contributed by atoms with E-state index in [0.29, 0.717) is 12.5 Å². The molecule has 0 aliphatic heterocycles. The molecular formula is C14H22IN3O. The van der Waals surface area contributed by atoms with E-state index in [1.165, 1.54) is 5.56 Å². The van der Waals surface area contributed by atoms with Gasteiger partial charge in [-0.25, -0.2) is 0 Å². The van der Waals surface area contributed by atoms with Crippen molar-refractivity contribution in [3.05, 3.63) is 29.8 Å². The van der Waals surface area contributed by atoms with Gasteiger partial charge in [-0.2, -0.15) is 0 Å². The summed E-state index contributed by atoms with van der Waals surface area (Å²) in [7, 11) is 0. The third kappa shape index (κ3) is 4.65. The monoisotopic (exact) mass is 375 g/mol. The summed E-state index contributed by atoms with van der Waals surface area (Å²) in [5.74, 6) is 0.364. The van der Waals surface area contributed by atoms with Gasteiger partial charge in [0.2, 0.25) is 0 Å². The second kappa shape index (κ2) is 7.09. The summed E-state index contributed by atoms with van der Waals surface area (Å²) in [4.78, 5) is 4.20. The minimum absolute atomic E-state index is 0. The van der Waals surface area contributed by atoms with E-state index in [9.17, 15) is 5.11 Å². The van der Waals surface area contributed by atoms with Gasteiger partial charge in [0.05, 0.1) is 12.1 Å². The maximum absolute atomic E-state index is 9.92. The molecule has 1 saturated carbocycles. The van der Waals surface area contributed by atoms with Crippen molar-refractivity contribution in [3.63, 3.8) is 0 Å². The Labute approximate surface area is 131 Å². The zero-order valence-corrected chi connectivity index (χ0v) is 13.6. The van der Waals surface area contributed by atoms with Crippen LogP contribution in [-0.4, -0.2) is 23.2 Å². The SMILES string of the molecule is CCc1cccc(NC(N)=NCC2(O)CCC2)c1.I. The van der Waals surface area contributed by atoms with Crippen LogP contribution in [0.4, 0.5) is 5.69 Å². The lowest BCUT2D eigenvalue weighted by Crippen LogP contribution is -2.41. The van der Waals surface area contributed by atoms with Crippen LogP contribution in [0.25, 0.3) is 0 Å². The van der Waals surface area contributed by atoms with Crippen molar-refractivity contribution in [2.75, 3.05) is 11.9 Å². The lowest BCUT2D eigenvalue weighted by Gasteiger charge is -2.34. The molecule has 4 nitrogen and oxygen atoms in total. The molecule has 0 unspecified atom stereocenters. The minimum Gasteiger partial charge on any atom is -0.388 e. The number of aryl methyl sites for hydroxylation is 1. The van der Waals surface area contributed by atoms with Gasteiger partial charge in [-0.3, -0.25) is 4.99 Å². The van der Waals surface area contributed by atoms with Gasteiger partial charge in [-0.05, 0) is 43.4 Å². The Bertz CT molecular complexity index is 444. The van der Waals surface area contributed by atoms with Gasteiger partial charge in [0.15, 0.2) is 5.96 Å². The molecule has 1 aliphatic rings. The molecule has 0 radical (unpaired) electrons. The zero-order chi connectivity index (χ0) is 13.0. The molecule has 106 valence electrons. The summed E-state index contributed by atoms with van der Waals surface area (Å²) in [6.45, 7) is 2.50. The third-order valence-electron chi connectivity index (χ3n) is 3.44. The first-order valence-corrected chi connectivity index (χ1v) is 6.49. The van der Waals surface area contributed by atoms with E-state index in [1.54, 1.807) is 0 Å². The number of hydrogen-bond acceptors (Lipinski definition) is 2. The number of nitrogens with zero attached hydrogens (tertiary/aromatic N) is 1. The summed E-state index contributed by atoms with van der Waals surface area (Å²) in [6.07, 6.45) is 3.73. The molecule has 0 spiro atoms. The van der Waals surface area contributed by atoms with Gasteiger partial charge in [0, 0.05) is 5.69 Å². The molecule has 0 saturated heterocycles. The van der Waals surface area contributed by atoms with Gasteiger partial charge in [-0.15, -0.1) is 24.0 Å². The van der Waals surface area contributed by atoms with E-state index >= 15 is 0 Å². The maximum atomic E-state index is 9.92. The third-order valence-corrected chi connectivity index (χ3v) is 3.44. The van der Waals surface area contributed by atoms with Crippen molar-refractivity contribution in [1.29, 1.82) is 0 Å². The van der Waals surface area contributed by atoms with Crippen molar-refractivity contribution in [2.45, 2.75) is 38.2 Å². The molecule has 0 atom stereocenters. The van der Waals surface area contributed by atoms with E-state index in [2.05, 4.69) is 29.4 Å². The fourth-order valence-corrected chi connectivity index (χ4v) is 2.03. The fourth-order valence-electron chi connectivity index (χ4n) is 2.03. The first kappa shape index (κ1) is 16.2. The number of rotatable bonds is 4. The highest BCUT2D eigenvalue weighted by atomic mass is 127. The number of hydrogen-bond donors (Lipinski definition) is 3. The summed E-state index contributed by atoms with van der Waals surface area (Å²) >= 11 is 0. The van der Waals surface area contributed by atoms with Gasteiger partial charge in [-0.1, -0.05) is 19.1 Å². The van der Waals surface area contributed by atoms with Crippen LogP contribution in [0.2, 0.25) is 0 Å². The predicted octanol–water partition coefficient (Wildman–Crippen LogP) is 2.51. The Hall–Kier alpha value is -0.820. The average Bonchev–Trinajstić information content (AvgIpc) is 2.34. The molecule has 1 fully saturated rings. The van der Waals surface area contributed by atoms with Crippen molar-refractivity contribution >= 4 is 35.6 Å². The number of guanidine groups is 1. The van der Waals surface area contributed by atoms with Crippen molar-refractivity contribution in [1.82, 2.24) is 0 Å². The maximum Gasteiger partial charge on any atom is 0.193 e. The van der Waals surface area contributed by atoms with E-state index in [-0.39, 0.29) is 24.0 Å². The highest BCUT2D eigenvalue weighted by Gasteiger charge is 2.33. The minimum atomic E-state index is -0.614. The van der Waals surface area contributed by atoms with Crippen LogP contribution in [0, 0.1) is 0 Å². The van der Waals surface area contributed by atoms with E-state index < -0.39 is 5.60 Å². The fraction of sp³-hybridized carbons (Fsp3) is 0.500. The van der Waals surface area contributed by atoms with Crippen LogP contribution in [-0.2, 0) is 6.42 Å². The predicted molar refractivity (Wildman–Crippen MR) is 90.1 cm³/mol. The quantitative estimate of drug-likeness (QED) is 0.430. The van der Waals surface area contributed by atoms with Gasteiger partial charge < -0.3 is 16.2 Å². The lowest BCUT2D eigenvalue weighted by molar-refractivity contribution is -0.0235. The first-order valence-electron chi connectivity index (χ1n) is 6.49. The van der Waals surface area contributed by atoms with E-state index in [0.717, 1.165) is 31.4 Å². The topological polar surface area (TPSA) is 70.6 Å². The molecule has 1 aromatic rings. The average molecular weight is 375 g/mol. The van der Waals surface area contributed by atoms with Crippen LogP contribution in [0.3, 0.4) is 0 Å². The van der Waals surface area contributed by atoms with Crippen LogP contribution in [0.1, 0.15) is 31.7 Å². The molecule has 4 N–H and O–H groups in total. The summed E-state index contributed by atoms with van der Waals surface area (Å²) in [5.41, 5.74) is 7.39. The molecule has 0 bridgehead atoms. The molecule has 19 heavy (non-hydrogen) atoms. The lowest BCUT2D eigenvalue weighted by atomic mass is 9.80. The van der Waals surface area contributed by atoms with Crippen LogP contribution < -0.4 is 11.1 Å². The second-order valence-corrected chi connectivity index (χ2v) is 4.96. The highest BCUT2D eigenvalue weighted by molar-refractivity contribution is 14.0. The Balaban J connectivity index is 0.00000180. The molecule has 2 rings (SSSR count). The molecule has 5 heteroatoms. The molecule has 0 aromatic heterocycles. The number of nitrogens with one attached hydrogen (secondary N) is 1. The molecule has 0 heterocycles. The first-order chi connectivity index (χ1) is 8.61. The number of aliphatic imine (C=N–C) groups is 1. The van der Waals surface area contributed by atoms with Gasteiger partial charge in [0.1, 0.15) is 0 Å². The second-order valence-electron chi connectivity index (χ2n) is 4.96. The Morgan fingerprint density at radius 2 is 2.21 bits per heavy atom. The number of anilines is 1. The van der Waals surface area contributed by atoms with Crippen LogP contribution >= 0.6 is 24.0 Å². The standard InChI is InChI=1S/C14H21N3O.HI/c1-2-11-5-3-6-12(9-11)17-13(15)16-10-14(18)7-4-8-14;/h3,5-6,9,18H,2,4,7-8,10H2,1H3,(H3,15,16,17);1H. The Kier molecular flexibility index (Phi) is 6.06. The number of benzene rings is 1. The van der Waals surface area contributed by atoms with Gasteiger partial charge in [0.25, 0.3) is 0 Å². The molecular weight excluding hydrogens is 353 g/mol. The van der Waals surface area contributed by atoms with Crippen molar-refractivity contribution in [2.24, 2.45) is 10.7 Å². The smallest absolute Gasteiger partial charge is 0.193 e. The largest absolute Gasteiger partial charge is 0.388 e. The molecule has 1 aromatic carbocycles. The highest BCUT2D eigenvalue weighted by Crippen LogP contribution is 2.31. The Morgan fingerprint density at radius 1 is 1.47 bits per heavy atom. The Morgan fingerprint density at radius 3 is 2.79 bits per heavy atom. The number of halogens is 1. The van der Waals surface area contributed by atoms with Crippen LogP contribution in [0.15, 0.2) is 29.3 Å². The molecule has 0 amide bonds. The summed E-state index contributed by atoms with van der Waals surface area (Å²) in [6, 6.07) is 8.09. The number of nitrogens with two attached hydrogens (primary N) is 1. The van der Waals surface area contributed by atoms with Gasteiger partial charge >= 0.3 is 0 Å². The van der Waals surface area contributed by atoms with Crippen molar-refractivity contribution in [3.8, 4) is 0 Å². The van der Waals surface area contributed by atoms with Crippen molar-refractivity contribution < 1.29 is 5.11 Å².